The number of aliphatic carboxylic acids is 1. The number of hydrogen-bond acceptors (Lipinski definition) is 5. The molecule has 0 spiro atoms. The van der Waals surface area contributed by atoms with E-state index < -0.39 is 24.0 Å². The van der Waals surface area contributed by atoms with E-state index in [1.54, 1.807) is 50.2 Å². The van der Waals surface area contributed by atoms with Gasteiger partial charge in [0, 0.05) is 16.5 Å². The molecule has 160 valence electrons. The number of fused-ring (bicyclic) bond motifs is 3. The number of carbonyl (C=O) groups excluding carboxylic acids is 1. The molecule has 2 aromatic carbocycles. The van der Waals surface area contributed by atoms with Crippen LogP contribution in [0.25, 0.3) is 11.0 Å². The van der Waals surface area contributed by atoms with Crippen molar-refractivity contribution in [2.75, 3.05) is 0 Å². The molecule has 1 amide bonds. The number of ether oxygens (including phenoxy) is 1. The quantitative estimate of drug-likeness (QED) is 0.592. The zero-order valence-electron chi connectivity index (χ0n) is 17.3. The average Bonchev–Trinajstić information content (AvgIpc) is 3.25. The van der Waals surface area contributed by atoms with Gasteiger partial charge in [0.2, 0.25) is 0 Å². The lowest BCUT2D eigenvalue weighted by atomic mass is 10.0. The van der Waals surface area contributed by atoms with Gasteiger partial charge in [0.1, 0.15) is 11.3 Å². The molecule has 2 unspecified atom stereocenters. The van der Waals surface area contributed by atoms with Crippen molar-refractivity contribution in [1.82, 2.24) is 5.32 Å². The molecule has 1 aliphatic rings. The first kappa shape index (κ1) is 20.7. The van der Waals surface area contributed by atoms with Crippen LogP contribution in [-0.4, -0.2) is 23.1 Å². The van der Waals surface area contributed by atoms with E-state index in [0.717, 1.165) is 35.8 Å². The van der Waals surface area contributed by atoms with Crippen molar-refractivity contribution in [1.29, 1.82) is 0 Å². The van der Waals surface area contributed by atoms with Crippen LogP contribution in [0.5, 0.6) is 5.75 Å². The first-order valence-corrected chi connectivity index (χ1v) is 10.2. The fraction of sp³-hybridized carbons (Fsp3) is 0.292. The average molecular weight is 421 g/mol. The molecule has 7 nitrogen and oxygen atoms in total. The number of amides is 1. The van der Waals surface area contributed by atoms with Gasteiger partial charge in [-0.25, -0.2) is 9.59 Å². The third-order valence-electron chi connectivity index (χ3n) is 5.68. The number of carbonyl (C=O) groups is 2. The summed E-state index contributed by atoms with van der Waals surface area (Å²) in [6.45, 7) is 3.32. The summed E-state index contributed by atoms with van der Waals surface area (Å²) in [6, 6.07) is 10.9. The van der Waals surface area contributed by atoms with E-state index >= 15 is 0 Å². The van der Waals surface area contributed by atoms with Crippen LogP contribution in [-0.2, 0) is 22.4 Å². The maximum Gasteiger partial charge on any atom is 0.339 e. The minimum Gasteiger partial charge on any atom is -0.480 e. The minimum absolute atomic E-state index is 0.321. The first-order chi connectivity index (χ1) is 14.9. The normalized spacial score (nSPS) is 14.6. The Hall–Kier alpha value is -3.61. The van der Waals surface area contributed by atoms with Crippen LogP contribution in [0.4, 0.5) is 0 Å². The lowest BCUT2D eigenvalue weighted by molar-refractivity contribution is -0.143. The lowest BCUT2D eigenvalue weighted by Gasteiger charge is -2.20. The van der Waals surface area contributed by atoms with Crippen LogP contribution < -0.4 is 15.7 Å². The SMILES string of the molecule is Cc1c(OC(C)C(=O)NC(C(=O)O)c2ccccc2)ccc2c3c(c(=O)oc12)CCC3. The van der Waals surface area contributed by atoms with Gasteiger partial charge in [0.25, 0.3) is 5.91 Å². The third-order valence-corrected chi connectivity index (χ3v) is 5.68. The van der Waals surface area contributed by atoms with Gasteiger partial charge >= 0.3 is 11.6 Å². The number of nitrogens with one attached hydrogen (secondary N) is 1. The Bertz CT molecular complexity index is 1210. The number of rotatable bonds is 6. The summed E-state index contributed by atoms with van der Waals surface area (Å²) < 4.78 is 11.4. The summed E-state index contributed by atoms with van der Waals surface area (Å²) in [6.07, 6.45) is 1.54. The summed E-state index contributed by atoms with van der Waals surface area (Å²) >= 11 is 0. The van der Waals surface area contributed by atoms with E-state index in [1.165, 1.54) is 0 Å². The Balaban J connectivity index is 1.56. The van der Waals surface area contributed by atoms with Crippen LogP contribution in [0.3, 0.4) is 0 Å². The van der Waals surface area contributed by atoms with Crippen LogP contribution in [0.2, 0.25) is 0 Å². The van der Waals surface area contributed by atoms with E-state index in [0.29, 0.717) is 22.5 Å². The Morgan fingerprint density at radius 1 is 1.10 bits per heavy atom. The second-order valence-corrected chi connectivity index (χ2v) is 7.72. The molecule has 4 rings (SSSR count). The Kier molecular flexibility index (Phi) is 5.50. The second kappa shape index (κ2) is 8.26. The molecule has 2 N–H and O–H groups in total. The van der Waals surface area contributed by atoms with Gasteiger partial charge in [-0.2, -0.15) is 0 Å². The highest BCUT2D eigenvalue weighted by Gasteiger charge is 2.26. The Morgan fingerprint density at radius 2 is 1.81 bits per heavy atom. The summed E-state index contributed by atoms with van der Waals surface area (Å²) in [7, 11) is 0. The number of carboxylic acid groups (broad SMARTS) is 1. The van der Waals surface area contributed by atoms with Gasteiger partial charge in [0.05, 0.1) is 0 Å². The summed E-state index contributed by atoms with van der Waals surface area (Å²) in [4.78, 5) is 36.6. The molecule has 1 heterocycles. The predicted molar refractivity (Wildman–Crippen MR) is 114 cm³/mol. The number of hydrogen-bond donors (Lipinski definition) is 2. The molecule has 1 aliphatic carbocycles. The largest absolute Gasteiger partial charge is 0.480 e. The maximum atomic E-state index is 12.6. The first-order valence-electron chi connectivity index (χ1n) is 10.2. The van der Waals surface area contributed by atoms with Gasteiger partial charge < -0.3 is 19.6 Å². The molecule has 0 bridgehead atoms. The molecular weight excluding hydrogens is 398 g/mol. The molecule has 1 aromatic heterocycles. The molecule has 31 heavy (non-hydrogen) atoms. The highest BCUT2D eigenvalue weighted by atomic mass is 16.5. The molecular formula is C24H23NO6. The van der Waals surface area contributed by atoms with Crippen molar-refractivity contribution < 1.29 is 23.8 Å². The number of aryl methyl sites for hydroxylation is 2. The summed E-state index contributed by atoms with van der Waals surface area (Å²) in [5.74, 6) is -1.32. The van der Waals surface area contributed by atoms with Gasteiger partial charge in [0.15, 0.2) is 12.1 Å². The van der Waals surface area contributed by atoms with Gasteiger partial charge in [-0.15, -0.1) is 0 Å². The van der Waals surface area contributed by atoms with Crippen LogP contribution in [0.15, 0.2) is 51.7 Å². The molecule has 2 atom stereocenters. The van der Waals surface area contributed by atoms with Crippen molar-refractivity contribution in [3.8, 4) is 5.75 Å². The van der Waals surface area contributed by atoms with Gasteiger partial charge in [-0.3, -0.25) is 4.79 Å². The number of benzene rings is 2. The van der Waals surface area contributed by atoms with Crippen LogP contribution in [0.1, 0.15) is 41.6 Å². The summed E-state index contributed by atoms with van der Waals surface area (Å²) in [5, 5.41) is 12.9. The third kappa shape index (κ3) is 3.91. The second-order valence-electron chi connectivity index (χ2n) is 7.72. The smallest absolute Gasteiger partial charge is 0.339 e. The fourth-order valence-corrected chi connectivity index (χ4v) is 4.03. The van der Waals surface area contributed by atoms with E-state index in [4.69, 9.17) is 9.15 Å². The van der Waals surface area contributed by atoms with Crippen molar-refractivity contribution in [3.05, 3.63) is 75.1 Å². The molecule has 0 fully saturated rings. The minimum atomic E-state index is -1.18. The molecule has 0 saturated heterocycles. The lowest BCUT2D eigenvalue weighted by Crippen LogP contribution is -2.41. The number of carboxylic acids is 1. The van der Waals surface area contributed by atoms with Crippen molar-refractivity contribution in [2.45, 2.75) is 45.3 Å². The predicted octanol–water partition coefficient (Wildman–Crippen LogP) is 3.30. The molecule has 0 aliphatic heterocycles. The molecule has 3 aromatic rings. The Morgan fingerprint density at radius 3 is 2.52 bits per heavy atom. The van der Waals surface area contributed by atoms with E-state index in [9.17, 15) is 19.5 Å². The fourth-order valence-electron chi connectivity index (χ4n) is 4.03. The standard InChI is InChI=1S/C24H23NO6/c1-13-19(12-11-17-16-9-6-10-18(16)24(29)31-21(13)17)30-14(2)22(26)25-20(23(27)28)15-7-4-3-5-8-15/h3-5,7-8,11-12,14,20H,6,9-10H2,1-2H3,(H,25,26)(H,27,28). The zero-order chi connectivity index (χ0) is 22.1. The van der Waals surface area contributed by atoms with Crippen molar-refractivity contribution in [3.63, 3.8) is 0 Å². The van der Waals surface area contributed by atoms with Crippen molar-refractivity contribution in [2.24, 2.45) is 0 Å². The topological polar surface area (TPSA) is 106 Å². The summed E-state index contributed by atoms with van der Waals surface area (Å²) in [5.41, 5.74) is 3.00. The van der Waals surface area contributed by atoms with E-state index in [1.807, 2.05) is 6.07 Å². The van der Waals surface area contributed by atoms with Gasteiger partial charge in [-0.05, 0) is 56.4 Å². The highest BCUT2D eigenvalue weighted by molar-refractivity contribution is 5.88. The van der Waals surface area contributed by atoms with E-state index in [-0.39, 0.29) is 5.63 Å². The van der Waals surface area contributed by atoms with Gasteiger partial charge in [-0.1, -0.05) is 30.3 Å². The Labute approximate surface area is 178 Å². The van der Waals surface area contributed by atoms with Crippen LogP contribution >= 0.6 is 0 Å². The molecule has 0 saturated carbocycles. The van der Waals surface area contributed by atoms with E-state index in [2.05, 4.69) is 5.32 Å². The molecule has 7 heteroatoms. The maximum absolute atomic E-state index is 12.6. The monoisotopic (exact) mass is 421 g/mol. The molecule has 0 radical (unpaired) electrons. The zero-order valence-corrected chi connectivity index (χ0v) is 17.3. The highest BCUT2D eigenvalue weighted by Crippen LogP contribution is 2.33. The van der Waals surface area contributed by atoms with Crippen molar-refractivity contribution >= 4 is 22.8 Å². The van der Waals surface area contributed by atoms with Crippen LogP contribution in [0, 0.1) is 6.92 Å².